The van der Waals surface area contributed by atoms with Crippen molar-refractivity contribution in [1.82, 2.24) is 10.2 Å². The maximum atomic E-state index is 12.3. The van der Waals surface area contributed by atoms with Gasteiger partial charge in [0.2, 0.25) is 5.91 Å². The molecular weight excluding hydrogens is 308 g/mol. The van der Waals surface area contributed by atoms with E-state index in [0.29, 0.717) is 12.5 Å². The van der Waals surface area contributed by atoms with E-state index in [1.807, 2.05) is 23.1 Å². The molecule has 0 unspecified atom stereocenters. The van der Waals surface area contributed by atoms with Gasteiger partial charge < -0.3 is 15.0 Å². The second-order valence-corrected chi connectivity index (χ2v) is 5.68. The Morgan fingerprint density at radius 1 is 1.58 bits per heavy atom. The number of amides is 1. The summed E-state index contributed by atoms with van der Waals surface area (Å²) in [6.45, 7) is 4.53. The number of carbonyl (C=O) groups is 1. The Balaban J connectivity index is 2.05. The second-order valence-electron chi connectivity index (χ2n) is 4.83. The number of methoxy groups -OCH3 is 1. The van der Waals surface area contributed by atoms with Crippen molar-refractivity contribution < 1.29 is 9.53 Å². The first-order chi connectivity index (χ1) is 9.10. The molecule has 0 radical (unpaired) electrons. The van der Waals surface area contributed by atoms with Crippen LogP contribution in [0.15, 0.2) is 22.7 Å². The minimum atomic E-state index is 0.169. The van der Waals surface area contributed by atoms with Crippen molar-refractivity contribution in [2.24, 2.45) is 0 Å². The number of nitrogens with one attached hydrogen (secondary N) is 1. The summed E-state index contributed by atoms with van der Waals surface area (Å²) in [5, 5.41) is 3.34. The number of benzene rings is 1. The van der Waals surface area contributed by atoms with E-state index in [9.17, 15) is 4.79 Å². The molecule has 104 valence electrons. The number of rotatable bonds is 3. The van der Waals surface area contributed by atoms with Crippen LogP contribution in [0.3, 0.4) is 0 Å². The molecule has 5 heteroatoms. The molecular formula is C14H19BrN2O2. The van der Waals surface area contributed by atoms with Gasteiger partial charge in [0.1, 0.15) is 5.75 Å². The van der Waals surface area contributed by atoms with Crippen LogP contribution in [-0.4, -0.2) is 43.6 Å². The van der Waals surface area contributed by atoms with Crippen LogP contribution < -0.4 is 10.1 Å². The average molecular weight is 327 g/mol. The number of nitrogens with zero attached hydrogens (tertiary/aromatic N) is 1. The van der Waals surface area contributed by atoms with E-state index in [1.54, 1.807) is 7.11 Å². The molecule has 1 aliphatic heterocycles. The Morgan fingerprint density at radius 2 is 2.37 bits per heavy atom. The maximum Gasteiger partial charge on any atom is 0.227 e. The Bertz CT molecular complexity index is 465. The number of ether oxygens (including phenoxy) is 1. The molecule has 0 aliphatic carbocycles. The molecule has 0 spiro atoms. The first-order valence-corrected chi connectivity index (χ1v) is 7.23. The highest BCUT2D eigenvalue weighted by Crippen LogP contribution is 2.23. The van der Waals surface area contributed by atoms with Crippen molar-refractivity contribution in [2.45, 2.75) is 19.4 Å². The Kier molecular flexibility index (Phi) is 4.82. The van der Waals surface area contributed by atoms with Crippen LogP contribution in [0.4, 0.5) is 0 Å². The van der Waals surface area contributed by atoms with Gasteiger partial charge in [0.05, 0.1) is 13.5 Å². The topological polar surface area (TPSA) is 41.6 Å². The lowest BCUT2D eigenvalue weighted by molar-refractivity contribution is -0.131. The third kappa shape index (κ3) is 3.70. The minimum Gasteiger partial charge on any atom is -0.497 e. The zero-order valence-corrected chi connectivity index (χ0v) is 12.9. The van der Waals surface area contributed by atoms with Gasteiger partial charge in [-0.2, -0.15) is 0 Å². The number of halogens is 1. The van der Waals surface area contributed by atoms with Crippen LogP contribution in [-0.2, 0) is 11.2 Å². The summed E-state index contributed by atoms with van der Waals surface area (Å²) in [7, 11) is 1.63. The number of carbonyl (C=O) groups excluding carboxylic acids is 1. The summed E-state index contributed by atoms with van der Waals surface area (Å²) in [5.41, 5.74) is 0.968. The van der Waals surface area contributed by atoms with Gasteiger partial charge in [-0.25, -0.2) is 0 Å². The third-order valence-electron chi connectivity index (χ3n) is 3.32. The first-order valence-electron chi connectivity index (χ1n) is 6.43. The predicted octanol–water partition coefficient (Wildman–Crippen LogP) is 1.82. The number of hydrogen-bond donors (Lipinski definition) is 1. The van der Waals surface area contributed by atoms with Crippen molar-refractivity contribution >= 4 is 21.8 Å². The molecule has 2 rings (SSSR count). The van der Waals surface area contributed by atoms with Crippen LogP contribution in [0.25, 0.3) is 0 Å². The van der Waals surface area contributed by atoms with E-state index >= 15 is 0 Å². The summed E-state index contributed by atoms with van der Waals surface area (Å²) in [6, 6.07) is 6.08. The first kappa shape index (κ1) is 14.3. The molecule has 0 bridgehead atoms. The van der Waals surface area contributed by atoms with Crippen LogP contribution in [0, 0.1) is 0 Å². The molecule has 1 N–H and O–H groups in total. The van der Waals surface area contributed by atoms with Gasteiger partial charge in [0.15, 0.2) is 0 Å². The summed E-state index contributed by atoms with van der Waals surface area (Å²) >= 11 is 3.49. The number of hydrogen-bond acceptors (Lipinski definition) is 3. The summed E-state index contributed by atoms with van der Waals surface area (Å²) < 4.78 is 6.15. The van der Waals surface area contributed by atoms with Gasteiger partial charge >= 0.3 is 0 Å². The lowest BCUT2D eigenvalue weighted by atomic mass is 10.1. The third-order valence-corrected chi connectivity index (χ3v) is 4.09. The van der Waals surface area contributed by atoms with Crippen LogP contribution >= 0.6 is 15.9 Å². The highest BCUT2D eigenvalue weighted by atomic mass is 79.9. The summed E-state index contributed by atoms with van der Waals surface area (Å²) in [5.74, 6) is 0.946. The van der Waals surface area contributed by atoms with Gasteiger partial charge in [-0.3, -0.25) is 4.79 Å². The fourth-order valence-electron chi connectivity index (χ4n) is 2.25. The SMILES string of the molecule is COc1ccc(Br)c(CC(=O)N2CCN[C@H](C)C2)c1. The lowest BCUT2D eigenvalue weighted by Gasteiger charge is -2.32. The van der Waals surface area contributed by atoms with E-state index in [1.165, 1.54) is 0 Å². The van der Waals surface area contributed by atoms with Crippen molar-refractivity contribution in [3.8, 4) is 5.75 Å². The molecule has 1 heterocycles. The van der Waals surface area contributed by atoms with Crippen molar-refractivity contribution in [3.63, 3.8) is 0 Å². The van der Waals surface area contributed by atoms with Gasteiger partial charge in [-0.15, -0.1) is 0 Å². The van der Waals surface area contributed by atoms with Crippen LogP contribution in [0.2, 0.25) is 0 Å². The van der Waals surface area contributed by atoms with Crippen LogP contribution in [0.5, 0.6) is 5.75 Å². The van der Waals surface area contributed by atoms with Crippen LogP contribution in [0.1, 0.15) is 12.5 Å². The van der Waals surface area contributed by atoms with Crippen molar-refractivity contribution in [2.75, 3.05) is 26.7 Å². The average Bonchev–Trinajstić information content (AvgIpc) is 2.41. The van der Waals surface area contributed by atoms with E-state index < -0.39 is 0 Å². The molecule has 0 saturated carbocycles. The molecule has 1 aromatic rings. The molecule has 1 fully saturated rings. The minimum absolute atomic E-state index is 0.169. The Hall–Kier alpha value is -1.07. The molecule has 1 aliphatic rings. The smallest absolute Gasteiger partial charge is 0.227 e. The molecule has 19 heavy (non-hydrogen) atoms. The Morgan fingerprint density at radius 3 is 3.05 bits per heavy atom. The van der Waals surface area contributed by atoms with Gasteiger partial charge in [-0.05, 0) is 30.7 Å². The van der Waals surface area contributed by atoms with E-state index in [4.69, 9.17) is 4.74 Å². The fourth-order valence-corrected chi connectivity index (χ4v) is 2.63. The monoisotopic (exact) mass is 326 g/mol. The molecule has 1 aromatic carbocycles. The zero-order valence-electron chi connectivity index (χ0n) is 11.3. The molecule has 1 amide bonds. The van der Waals surface area contributed by atoms with Gasteiger partial charge in [0, 0.05) is 30.1 Å². The molecule has 4 nitrogen and oxygen atoms in total. The maximum absolute atomic E-state index is 12.3. The predicted molar refractivity (Wildman–Crippen MR) is 78.4 cm³/mol. The summed E-state index contributed by atoms with van der Waals surface area (Å²) in [4.78, 5) is 14.2. The fraction of sp³-hybridized carbons (Fsp3) is 0.500. The largest absolute Gasteiger partial charge is 0.497 e. The van der Waals surface area contributed by atoms with Gasteiger partial charge in [-0.1, -0.05) is 15.9 Å². The normalized spacial score (nSPS) is 19.3. The van der Waals surface area contributed by atoms with E-state index in [2.05, 4.69) is 28.2 Å². The highest BCUT2D eigenvalue weighted by molar-refractivity contribution is 9.10. The van der Waals surface area contributed by atoms with E-state index in [0.717, 1.165) is 35.4 Å². The summed E-state index contributed by atoms with van der Waals surface area (Å²) in [6.07, 6.45) is 0.407. The zero-order chi connectivity index (χ0) is 13.8. The van der Waals surface area contributed by atoms with Crippen molar-refractivity contribution in [3.05, 3.63) is 28.2 Å². The standard InChI is InChI=1S/C14H19BrN2O2/c1-10-9-17(6-5-16-10)14(18)8-11-7-12(19-2)3-4-13(11)15/h3-4,7,10,16H,5-6,8-9H2,1-2H3/t10-/m1/s1. The Labute approximate surface area is 122 Å². The quantitative estimate of drug-likeness (QED) is 0.921. The molecule has 1 atom stereocenters. The molecule has 1 saturated heterocycles. The molecule has 0 aromatic heterocycles. The lowest BCUT2D eigenvalue weighted by Crippen LogP contribution is -2.51. The number of piperazine rings is 1. The van der Waals surface area contributed by atoms with Gasteiger partial charge in [0.25, 0.3) is 0 Å². The highest BCUT2D eigenvalue weighted by Gasteiger charge is 2.21. The van der Waals surface area contributed by atoms with E-state index in [-0.39, 0.29) is 5.91 Å². The van der Waals surface area contributed by atoms with Crippen molar-refractivity contribution in [1.29, 1.82) is 0 Å². The second kappa shape index (κ2) is 6.39.